The zero-order chi connectivity index (χ0) is 13.1. The third-order valence-electron chi connectivity index (χ3n) is 3.64. The number of carbonyl (C=O) groups excluding carboxylic acids is 2. The van der Waals surface area contributed by atoms with Crippen LogP contribution in [0.4, 0.5) is 17.1 Å². The fraction of sp³-hybridized carbons (Fsp3) is 0.333. The van der Waals surface area contributed by atoms with Gasteiger partial charge in [-0.1, -0.05) is 0 Å². The lowest BCUT2D eigenvalue weighted by Gasteiger charge is -2.17. The van der Waals surface area contributed by atoms with Crippen molar-refractivity contribution in [3.63, 3.8) is 0 Å². The Morgan fingerprint density at radius 2 is 1.89 bits per heavy atom. The minimum atomic E-state index is -1.29. The van der Waals surface area contributed by atoms with Gasteiger partial charge in [-0.15, -0.1) is 0 Å². The number of carbonyl (C=O) groups is 2. The second kappa shape index (κ2) is 3.16. The smallest absolute Gasteiger partial charge is 0.244 e. The van der Waals surface area contributed by atoms with Crippen molar-refractivity contribution in [3.8, 4) is 0 Å². The highest BCUT2D eigenvalue weighted by Gasteiger charge is 2.48. The van der Waals surface area contributed by atoms with Crippen molar-refractivity contribution >= 4 is 28.9 Å². The maximum absolute atomic E-state index is 11.9. The standard InChI is InChI=1S/C12H14N4O2/c1-5-14-8-3-6-7(4-9(8)15-5)16-11(18)12(6,2)10(13)17/h3-5,14-15H,1-2H3,(H2,13,17)(H,16,18). The van der Waals surface area contributed by atoms with E-state index >= 15 is 0 Å². The Morgan fingerprint density at radius 3 is 2.50 bits per heavy atom. The van der Waals surface area contributed by atoms with Crippen molar-refractivity contribution in [1.29, 1.82) is 0 Å². The molecular weight excluding hydrogens is 232 g/mol. The molecule has 0 aromatic heterocycles. The highest BCUT2D eigenvalue weighted by molar-refractivity contribution is 6.20. The maximum Gasteiger partial charge on any atom is 0.244 e. The van der Waals surface area contributed by atoms with E-state index in [-0.39, 0.29) is 12.1 Å². The van der Waals surface area contributed by atoms with Gasteiger partial charge in [-0.2, -0.15) is 0 Å². The highest BCUT2D eigenvalue weighted by Crippen LogP contribution is 2.43. The van der Waals surface area contributed by atoms with Crippen LogP contribution in [0.2, 0.25) is 0 Å². The SMILES string of the molecule is CC1Nc2cc3c(cc2N1)C(C)(C(N)=O)C(=O)N3. The number of hydrogen-bond donors (Lipinski definition) is 4. The second-order valence-corrected chi connectivity index (χ2v) is 4.90. The van der Waals surface area contributed by atoms with Gasteiger partial charge in [-0.05, 0) is 26.0 Å². The Labute approximate surface area is 104 Å². The fourth-order valence-corrected chi connectivity index (χ4v) is 2.47. The van der Waals surface area contributed by atoms with Crippen LogP contribution in [0.3, 0.4) is 0 Å². The predicted octanol–water partition coefficient (Wildman–Crippen LogP) is 0.565. The van der Waals surface area contributed by atoms with Crippen LogP contribution in [0.25, 0.3) is 0 Å². The van der Waals surface area contributed by atoms with Gasteiger partial charge in [-0.3, -0.25) is 9.59 Å². The van der Waals surface area contributed by atoms with E-state index in [0.717, 1.165) is 11.4 Å². The normalized spacial score (nSPS) is 27.9. The van der Waals surface area contributed by atoms with E-state index in [1.54, 1.807) is 6.92 Å². The summed E-state index contributed by atoms with van der Waals surface area (Å²) in [7, 11) is 0. The zero-order valence-electron chi connectivity index (χ0n) is 10.1. The summed E-state index contributed by atoms with van der Waals surface area (Å²) in [6, 6.07) is 3.64. The molecule has 0 spiro atoms. The van der Waals surface area contributed by atoms with Gasteiger partial charge in [0.15, 0.2) is 5.41 Å². The number of rotatable bonds is 1. The minimum Gasteiger partial charge on any atom is -0.368 e. The van der Waals surface area contributed by atoms with E-state index < -0.39 is 11.3 Å². The number of benzene rings is 1. The number of nitrogens with two attached hydrogens (primary N) is 1. The van der Waals surface area contributed by atoms with Crippen LogP contribution in [-0.4, -0.2) is 18.0 Å². The molecule has 6 nitrogen and oxygen atoms in total. The summed E-state index contributed by atoms with van der Waals surface area (Å²) in [5.41, 5.74) is 7.14. The molecule has 2 unspecified atom stereocenters. The number of nitrogens with one attached hydrogen (secondary N) is 3. The van der Waals surface area contributed by atoms with E-state index in [4.69, 9.17) is 5.73 Å². The molecule has 94 valence electrons. The van der Waals surface area contributed by atoms with Gasteiger partial charge in [0, 0.05) is 11.3 Å². The number of hydrogen-bond acceptors (Lipinski definition) is 4. The van der Waals surface area contributed by atoms with Crippen molar-refractivity contribution in [2.45, 2.75) is 25.4 Å². The first-order valence-corrected chi connectivity index (χ1v) is 5.76. The Hall–Kier alpha value is -2.24. The highest BCUT2D eigenvalue weighted by atomic mass is 16.2. The van der Waals surface area contributed by atoms with Crippen molar-refractivity contribution < 1.29 is 9.59 Å². The van der Waals surface area contributed by atoms with Crippen molar-refractivity contribution in [3.05, 3.63) is 17.7 Å². The lowest BCUT2D eigenvalue weighted by Crippen LogP contribution is -2.44. The number of primary amides is 1. The Balaban J connectivity index is 2.18. The van der Waals surface area contributed by atoms with E-state index in [1.807, 2.05) is 19.1 Å². The van der Waals surface area contributed by atoms with Gasteiger partial charge in [0.05, 0.1) is 17.5 Å². The van der Waals surface area contributed by atoms with Gasteiger partial charge in [-0.25, -0.2) is 0 Å². The largest absolute Gasteiger partial charge is 0.368 e. The summed E-state index contributed by atoms with van der Waals surface area (Å²) >= 11 is 0. The molecule has 0 radical (unpaired) electrons. The maximum atomic E-state index is 11.9. The Kier molecular flexibility index (Phi) is 1.91. The summed E-state index contributed by atoms with van der Waals surface area (Å²) in [6.07, 6.45) is 0.123. The molecule has 2 aliphatic rings. The molecule has 0 saturated heterocycles. The number of anilines is 3. The third kappa shape index (κ3) is 1.17. The summed E-state index contributed by atoms with van der Waals surface area (Å²) in [4.78, 5) is 23.5. The lowest BCUT2D eigenvalue weighted by molar-refractivity contribution is -0.131. The molecule has 3 rings (SSSR count). The van der Waals surface area contributed by atoms with Crippen molar-refractivity contribution in [1.82, 2.24) is 0 Å². The predicted molar refractivity (Wildman–Crippen MR) is 68.3 cm³/mol. The summed E-state index contributed by atoms with van der Waals surface area (Å²) in [5.74, 6) is -1.01. The topological polar surface area (TPSA) is 96.2 Å². The van der Waals surface area contributed by atoms with Crippen LogP contribution in [0.1, 0.15) is 19.4 Å². The average Bonchev–Trinajstić information content (AvgIpc) is 2.75. The van der Waals surface area contributed by atoms with Crippen LogP contribution in [0.15, 0.2) is 12.1 Å². The van der Waals surface area contributed by atoms with Crippen LogP contribution >= 0.6 is 0 Å². The molecule has 2 heterocycles. The average molecular weight is 246 g/mol. The van der Waals surface area contributed by atoms with Crippen molar-refractivity contribution in [2.75, 3.05) is 16.0 Å². The van der Waals surface area contributed by atoms with Gasteiger partial charge in [0.2, 0.25) is 11.8 Å². The molecule has 2 amide bonds. The first kappa shape index (κ1) is 10.9. The molecule has 2 aliphatic heterocycles. The summed E-state index contributed by atoms with van der Waals surface area (Å²) < 4.78 is 0. The number of fused-ring (bicyclic) bond motifs is 2. The monoisotopic (exact) mass is 246 g/mol. The molecule has 0 fully saturated rings. The molecule has 0 saturated carbocycles. The minimum absolute atomic E-state index is 0.123. The summed E-state index contributed by atoms with van der Waals surface area (Å²) in [5, 5.41) is 9.14. The van der Waals surface area contributed by atoms with Gasteiger partial charge >= 0.3 is 0 Å². The Morgan fingerprint density at radius 1 is 1.28 bits per heavy atom. The van der Waals surface area contributed by atoms with Gasteiger partial charge in [0.25, 0.3) is 0 Å². The van der Waals surface area contributed by atoms with E-state index in [1.165, 1.54) is 0 Å². The third-order valence-corrected chi connectivity index (χ3v) is 3.64. The van der Waals surface area contributed by atoms with Crippen LogP contribution in [0, 0.1) is 0 Å². The van der Waals surface area contributed by atoms with Gasteiger partial charge in [0.1, 0.15) is 0 Å². The van der Waals surface area contributed by atoms with Crippen molar-refractivity contribution in [2.24, 2.45) is 5.73 Å². The van der Waals surface area contributed by atoms with E-state index in [2.05, 4.69) is 16.0 Å². The van der Waals surface area contributed by atoms with Crippen LogP contribution in [-0.2, 0) is 15.0 Å². The molecule has 1 aromatic rings. The second-order valence-electron chi connectivity index (χ2n) is 4.90. The van der Waals surface area contributed by atoms with Crippen LogP contribution in [0.5, 0.6) is 0 Å². The molecule has 18 heavy (non-hydrogen) atoms. The van der Waals surface area contributed by atoms with Crippen LogP contribution < -0.4 is 21.7 Å². The van der Waals surface area contributed by atoms with E-state index in [9.17, 15) is 9.59 Å². The molecular formula is C12H14N4O2. The molecule has 6 heteroatoms. The first-order valence-electron chi connectivity index (χ1n) is 5.76. The lowest BCUT2D eigenvalue weighted by atomic mass is 9.83. The molecule has 5 N–H and O–H groups in total. The molecule has 0 bridgehead atoms. The molecule has 2 atom stereocenters. The quantitative estimate of drug-likeness (QED) is 0.544. The molecule has 1 aromatic carbocycles. The first-order chi connectivity index (χ1) is 8.42. The fourth-order valence-electron chi connectivity index (χ4n) is 2.47. The zero-order valence-corrected chi connectivity index (χ0v) is 10.1. The van der Waals surface area contributed by atoms with Gasteiger partial charge < -0.3 is 21.7 Å². The number of amides is 2. The van der Waals surface area contributed by atoms with E-state index in [0.29, 0.717) is 11.3 Å². The molecule has 0 aliphatic carbocycles. The Bertz CT molecular complexity index is 584. The summed E-state index contributed by atoms with van der Waals surface area (Å²) in [6.45, 7) is 3.53.